The van der Waals surface area contributed by atoms with Gasteiger partial charge in [0.1, 0.15) is 6.61 Å². The number of allylic oxidation sites excluding steroid dienone is 3. The highest BCUT2D eigenvalue weighted by molar-refractivity contribution is 5.94. The second-order valence-corrected chi connectivity index (χ2v) is 5.90. The number of hydrogen-bond donors (Lipinski definition) is 0. The lowest BCUT2D eigenvalue weighted by atomic mass is 10.0. The van der Waals surface area contributed by atoms with Crippen LogP contribution in [0.2, 0.25) is 0 Å². The number of nitrogens with zero attached hydrogens (tertiary/aromatic N) is 2. The SMILES string of the molecule is C=C/C(=C\C)c1cccc(COC(=O)c2cc3cccnc3nc2C)c1. The summed E-state index contributed by atoms with van der Waals surface area (Å²) >= 11 is 0. The first-order chi connectivity index (χ1) is 12.6. The van der Waals surface area contributed by atoms with Crippen LogP contribution in [0.4, 0.5) is 0 Å². The van der Waals surface area contributed by atoms with Crippen molar-refractivity contribution >= 4 is 22.6 Å². The van der Waals surface area contributed by atoms with E-state index in [1.54, 1.807) is 19.2 Å². The highest BCUT2D eigenvalue weighted by Gasteiger charge is 2.14. The molecule has 0 N–H and O–H groups in total. The lowest BCUT2D eigenvalue weighted by Gasteiger charge is -2.09. The number of rotatable bonds is 5. The number of benzene rings is 1. The second-order valence-electron chi connectivity index (χ2n) is 5.90. The van der Waals surface area contributed by atoms with Crippen LogP contribution in [0.5, 0.6) is 0 Å². The summed E-state index contributed by atoms with van der Waals surface area (Å²) in [5.74, 6) is -0.388. The highest BCUT2D eigenvalue weighted by Crippen LogP contribution is 2.19. The number of fused-ring (bicyclic) bond motifs is 1. The van der Waals surface area contributed by atoms with E-state index in [4.69, 9.17) is 4.74 Å². The molecule has 1 aromatic carbocycles. The van der Waals surface area contributed by atoms with Gasteiger partial charge in [-0.25, -0.2) is 14.8 Å². The van der Waals surface area contributed by atoms with E-state index >= 15 is 0 Å². The molecule has 2 aromatic heterocycles. The molecule has 0 bridgehead atoms. The van der Waals surface area contributed by atoms with Crippen molar-refractivity contribution in [1.82, 2.24) is 9.97 Å². The predicted molar refractivity (Wildman–Crippen MR) is 104 cm³/mol. The van der Waals surface area contributed by atoms with Gasteiger partial charge in [0.05, 0.1) is 11.3 Å². The zero-order valence-corrected chi connectivity index (χ0v) is 14.9. The molecule has 0 amide bonds. The summed E-state index contributed by atoms with van der Waals surface area (Å²) in [7, 11) is 0. The monoisotopic (exact) mass is 344 g/mol. The average Bonchev–Trinajstić information content (AvgIpc) is 2.67. The van der Waals surface area contributed by atoms with Crippen molar-refractivity contribution in [3.63, 3.8) is 0 Å². The summed E-state index contributed by atoms with van der Waals surface area (Å²) in [6.45, 7) is 7.77. The maximum Gasteiger partial charge on any atom is 0.340 e. The van der Waals surface area contributed by atoms with Crippen molar-refractivity contribution in [2.24, 2.45) is 0 Å². The number of carbonyl (C=O) groups is 1. The minimum Gasteiger partial charge on any atom is -0.457 e. The van der Waals surface area contributed by atoms with E-state index in [0.717, 1.165) is 22.1 Å². The van der Waals surface area contributed by atoms with E-state index in [2.05, 4.69) is 16.5 Å². The minimum atomic E-state index is -0.388. The van der Waals surface area contributed by atoms with Crippen LogP contribution in [0.25, 0.3) is 16.6 Å². The van der Waals surface area contributed by atoms with Gasteiger partial charge in [0, 0.05) is 11.6 Å². The summed E-state index contributed by atoms with van der Waals surface area (Å²) in [6.07, 6.45) is 5.49. The Kier molecular flexibility index (Phi) is 5.23. The Bertz CT molecular complexity index is 1010. The van der Waals surface area contributed by atoms with E-state index in [1.165, 1.54) is 0 Å². The van der Waals surface area contributed by atoms with Gasteiger partial charge in [-0.05, 0) is 54.8 Å². The van der Waals surface area contributed by atoms with Crippen molar-refractivity contribution in [2.45, 2.75) is 20.5 Å². The Morgan fingerprint density at radius 1 is 1.23 bits per heavy atom. The lowest BCUT2D eigenvalue weighted by molar-refractivity contribution is 0.0471. The largest absolute Gasteiger partial charge is 0.457 e. The molecule has 3 rings (SSSR count). The van der Waals surface area contributed by atoms with Gasteiger partial charge >= 0.3 is 5.97 Å². The van der Waals surface area contributed by atoms with Crippen LogP contribution in [0.1, 0.15) is 34.1 Å². The number of aromatic nitrogens is 2. The van der Waals surface area contributed by atoms with Gasteiger partial charge in [0.2, 0.25) is 0 Å². The molecule has 3 aromatic rings. The molecule has 0 unspecified atom stereocenters. The summed E-state index contributed by atoms with van der Waals surface area (Å²) in [5.41, 5.74) is 4.70. The normalized spacial score (nSPS) is 11.4. The zero-order chi connectivity index (χ0) is 18.5. The second kappa shape index (κ2) is 7.74. The standard InChI is InChI=1S/C22H20N2O2/c1-4-17(5-2)18-9-6-8-16(12-18)14-26-22(25)20-13-19-10-7-11-23-21(19)24-15(20)3/h4-13H,1,14H2,2-3H3/b17-5+. The number of hydrogen-bond acceptors (Lipinski definition) is 4. The van der Waals surface area contributed by atoms with Crippen LogP contribution in [0.3, 0.4) is 0 Å². The molecular weight excluding hydrogens is 324 g/mol. The maximum absolute atomic E-state index is 12.5. The fraction of sp³-hybridized carbons (Fsp3) is 0.136. The molecule has 0 aliphatic carbocycles. The van der Waals surface area contributed by atoms with Crippen LogP contribution < -0.4 is 0 Å². The van der Waals surface area contributed by atoms with Crippen molar-refractivity contribution in [3.05, 3.63) is 89.8 Å². The van der Waals surface area contributed by atoms with Crippen LogP contribution in [0.15, 0.2) is 67.4 Å². The first kappa shape index (κ1) is 17.5. The Morgan fingerprint density at radius 2 is 2.08 bits per heavy atom. The van der Waals surface area contributed by atoms with Gasteiger partial charge in [-0.2, -0.15) is 0 Å². The molecule has 130 valence electrons. The van der Waals surface area contributed by atoms with Gasteiger partial charge in [-0.15, -0.1) is 0 Å². The van der Waals surface area contributed by atoms with Gasteiger partial charge < -0.3 is 4.74 Å². The van der Waals surface area contributed by atoms with Crippen molar-refractivity contribution < 1.29 is 9.53 Å². The number of carbonyl (C=O) groups excluding carboxylic acids is 1. The highest BCUT2D eigenvalue weighted by atomic mass is 16.5. The first-order valence-electron chi connectivity index (χ1n) is 8.40. The third kappa shape index (κ3) is 3.70. The van der Waals surface area contributed by atoms with E-state index in [0.29, 0.717) is 16.9 Å². The van der Waals surface area contributed by atoms with Crippen LogP contribution in [0, 0.1) is 6.92 Å². The molecule has 4 heteroatoms. The molecule has 4 nitrogen and oxygen atoms in total. The summed E-state index contributed by atoms with van der Waals surface area (Å²) in [4.78, 5) is 21.1. The number of esters is 1. The summed E-state index contributed by atoms with van der Waals surface area (Å²) in [6, 6.07) is 13.4. The molecule has 2 heterocycles. The fourth-order valence-electron chi connectivity index (χ4n) is 2.77. The Labute approximate surface area is 152 Å². The quantitative estimate of drug-likeness (QED) is 0.489. The summed E-state index contributed by atoms with van der Waals surface area (Å²) in [5, 5.41) is 0.816. The van der Waals surface area contributed by atoms with E-state index in [-0.39, 0.29) is 12.6 Å². The van der Waals surface area contributed by atoms with E-state index < -0.39 is 0 Å². The molecule has 0 fully saturated rings. The van der Waals surface area contributed by atoms with Crippen molar-refractivity contribution in [1.29, 1.82) is 0 Å². The molecule has 0 atom stereocenters. The molecule has 0 saturated carbocycles. The molecular formula is C22H20N2O2. The molecule has 0 aliphatic rings. The smallest absolute Gasteiger partial charge is 0.340 e. The van der Waals surface area contributed by atoms with Crippen LogP contribution in [-0.4, -0.2) is 15.9 Å². The lowest BCUT2D eigenvalue weighted by Crippen LogP contribution is -2.08. The minimum absolute atomic E-state index is 0.200. The molecule has 0 aliphatic heterocycles. The topological polar surface area (TPSA) is 52.1 Å². The number of pyridine rings is 2. The van der Waals surface area contributed by atoms with Crippen molar-refractivity contribution in [2.75, 3.05) is 0 Å². The average molecular weight is 344 g/mol. The van der Waals surface area contributed by atoms with E-state index in [9.17, 15) is 4.79 Å². The molecule has 0 saturated heterocycles. The van der Waals surface area contributed by atoms with Gasteiger partial charge in [-0.1, -0.05) is 36.9 Å². The summed E-state index contributed by atoms with van der Waals surface area (Å²) < 4.78 is 5.50. The fourth-order valence-corrected chi connectivity index (χ4v) is 2.77. The van der Waals surface area contributed by atoms with Crippen molar-refractivity contribution in [3.8, 4) is 0 Å². The maximum atomic E-state index is 12.5. The number of aryl methyl sites for hydroxylation is 1. The molecule has 0 spiro atoms. The molecule has 26 heavy (non-hydrogen) atoms. The molecule has 0 radical (unpaired) electrons. The predicted octanol–water partition coefficient (Wildman–Crippen LogP) is 4.88. The first-order valence-corrected chi connectivity index (χ1v) is 8.40. The third-order valence-electron chi connectivity index (χ3n) is 4.16. The Hall–Kier alpha value is -3.27. The van der Waals surface area contributed by atoms with Crippen LogP contribution >= 0.6 is 0 Å². The van der Waals surface area contributed by atoms with Gasteiger partial charge in [-0.3, -0.25) is 0 Å². The third-order valence-corrected chi connectivity index (χ3v) is 4.16. The van der Waals surface area contributed by atoms with Crippen LogP contribution in [-0.2, 0) is 11.3 Å². The zero-order valence-electron chi connectivity index (χ0n) is 14.9. The Balaban J connectivity index is 1.78. The van der Waals surface area contributed by atoms with E-state index in [1.807, 2.05) is 55.5 Å². The Morgan fingerprint density at radius 3 is 2.85 bits per heavy atom. The number of ether oxygens (including phenoxy) is 1. The van der Waals surface area contributed by atoms with Gasteiger partial charge in [0.15, 0.2) is 5.65 Å². The van der Waals surface area contributed by atoms with Gasteiger partial charge in [0.25, 0.3) is 0 Å².